The van der Waals surface area contributed by atoms with Crippen molar-refractivity contribution in [3.8, 4) is 0 Å². The molecule has 1 saturated heterocycles. The van der Waals surface area contributed by atoms with Crippen molar-refractivity contribution in [2.45, 2.75) is 31.2 Å². The highest BCUT2D eigenvalue weighted by molar-refractivity contribution is 5.73. The van der Waals surface area contributed by atoms with Crippen molar-refractivity contribution in [1.29, 1.82) is 0 Å². The molecule has 1 aliphatic rings. The van der Waals surface area contributed by atoms with Crippen LogP contribution in [0.5, 0.6) is 0 Å². The molecular formula is C24H26F7N3O3. The smallest absolute Gasteiger partial charge is 0.380 e. The van der Waals surface area contributed by atoms with Crippen LogP contribution in [0, 0.1) is 16.6 Å². The van der Waals surface area contributed by atoms with Gasteiger partial charge >= 0.3 is 18.4 Å². The lowest BCUT2D eigenvalue weighted by molar-refractivity contribution is -0.143. The summed E-state index contributed by atoms with van der Waals surface area (Å²) >= 11 is 0. The van der Waals surface area contributed by atoms with Gasteiger partial charge in [0.1, 0.15) is 12.4 Å². The van der Waals surface area contributed by atoms with Crippen molar-refractivity contribution in [3.05, 3.63) is 75.4 Å². The largest absolute Gasteiger partial charge is 0.416 e. The highest BCUT2D eigenvalue weighted by atomic mass is 19.4. The van der Waals surface area contributed by atoms with Crippen LogP contribution in [0.2, 0.25) is 0 Å². The van der Waals surface area contributed by atoms with Gasteiger partial charge in [-0.1, -0.05) is 17.3 Å². The summed E-state index contributed by atoms with van der Waals surface area (Å²) in [5.41, 5.74) is -2.24. The molecule has 1 heterocycles. The number of rotatable bonds is 5. The molecule has 0 radical (unpaired) electrons. The van der Waals surface area contributed by atoms with Crippen molar-refractivity contribution in [1.82, 2.24) is 10.2 Å². The quantitative estimate of drug-likeness (QED) is 0.364. The van der Waals surface area contributed by atoms with Crippen LogP contribution >= 0.6 is 0 Å². The van der Waals surface area contributed by atoms with Crippen LogP contribution in [0.4, 0.5) is 35.5 Å². The van der Waals surface area contributed by atoms with Gasteiger partial charge in [0.15, 0.2) is 0 Å². The van der Waals surface area contributed by atoms with Gasteiger partial charge in [0, 0.05) is 32.5 Å². The Kier molecular flexibility index (Phi) is 10.4. The molecule has 3 rings (SSSR count). The number of benzene rings is 2. The van der Waals surface area contributed by atoms with Gasteiger partial charge in [-0.15, -0.1) is 0 Å². The minimum atomic E-state index is -4.90. The van der Waals surface area contributed by atoms with Crippen LogP contribution in [0.25, 0.3) is 0 Å². The number of urea groups is 1. The molecule has 204 valence electrons. The van der Waals surface area contributed by atoms with Crippen molar-refractivity contribution < 1.29 is 40.3 Å². The fourth-order valence-corrected chi connectivity index (χ4v) is 3.86. The fourth-order valence-electron chi connectivity index (χ4n) is 3.86. The molecule has 2 amide bonds. The van der Waals surface area contributed by atoms with E-state index in [1.165, 1.54) is 12.1 Å². The molecule has 0 aromatic heterocycles. The van der Waals surface area contributed by atoms with Gasteiger partial charge in [0.25, 0.3) is 0 Å². The van der Waals surface area contributed by atoms with Crippen LogP contribution in [0.1, 0.15) is 34.6 Å². The van der Waals surface area contributed by atoms with Crippen molar-refractivity contribution in [3.63, 3.8) is 0 Å². The summed E-state index contributed by atoms with van der Waals surface area (Å²) in [4.78, 5) is 23.1. The predicted molar refractivity (Wildman–Crippen MR) is 121 cm³/mol. The lowest BCUT2D eigenvalue weighted by atomic mass is 9.87. The van der Waals surface area contributed by atoms with E-state index in [1.54, 1.807) is 19.0 Å². The van der Waals surface area contributed by atoms with Gasteiger partial charge in [-0.05, 0) is 47.9 Å². The number of nitrogens with one attached hydrogen (secondary N) is 1. The van der Waals surface area contributed by atoms with Crippen LogP contribution in [0.15, 0.2) is 47.6 Å². The molecule has 37 heavy (non-hydrogen) atoms. The second kappa shape index (κ2) is 12.8. The predicted octanol–water partition coefficient (Wildman–Crippen LogP) is 6.21. The van der Waals surface area contributed by atoms with Gasteiger partial charge in [0.2, 0.25) is 0 Å². The number of carbonyl (C=O) groups is 1. The Morgan fingerprint density at radius 1 is 1.03 bits per heavy atom. The van der Waals surface area contributed by atoms with E-state index in [0.717, 1.165) is 12.0 Å². The first-order valence-corrected chi connectivity index (χ1v) is 11.1. The maximum absolute atomic E-state index is 12.9. The summed E-state index contributed by atoms with van der Waals surface area (Å²) in [6.07, 6.45) is -8.86. The average Bonchev–Trinajstić information content (AvgIpc) is 2.83. The zero-order chi connectivity index (χ0) is 27.8. The molecule has 2 aromatic carbocycles. The Bertz CT molecular complexity index is 1010. The first kappa shape index (κ1) is 30.0. The van der Waals surface area contributed by atoms with Crippen LogP contribution in [-0.2, 0) is 23.6 Å². The molecule has 1 N–H and O–H groups in total. The number of hydrogen-bond donors (Lipinski definition) is 1. The Morgan fingerprint density at radius 2 is 1.59 bits per heavy atom. The minimum absolute atomic E-state index is 0.00565. The molecule has 13 heteroatoms. The highest BCUT2D eigenvalue weighted by Gasteiger charge is 2.36. The number of hydrogen-bond acceptors (Lipinski definition) is 4. The van der Waals surface area contributed by atoms with E-state index >= 15 is 0 Å². The third kappa shape index (κ3) is 9.30. The fraction of sp³-hybridized carbons (Fsp3) is 0.458. The molecule has 2 aromatic rings. The molecule has 0 saturated carbocycles. The second-order valence-corrected chi connectivity index (χ2v) is 8.52. The Hall–Kier alpha value is -3.22. The minimum Gasteiger partial charge on any atom is -0.380 e. The van der Waals surface area contributed by atoms with E-state index in [1.807, 2.05) is 12.1 Å². The zero-order valence-corrected chi connectivity index (χ0v) is 20.0. The molecule has 1 aliphatic heterocycles. The van der Waals surface area contributed by atoms with Crippen molar-refractivity contribution >= 4 is 6.03 Å². The summed E-state index contributed by atoms with van der Waals surface area (Å²) in [6.45, 7) is 1.25. The SMILES string of the molecule is CNC(=O)N(C)CC1COCC(c2ccc(F)cc2)C1.O=NCc1cc(C(F)(F)F)cc(C(F)(F)F)c1. The molecule has 1 fully saturated rings. The van der Waals surface area contributed by atoms with Crippen LogP contribution in [0.3, 0.4) is 0 Å². The molecule has 0 bridgehead atoms. The first-order chi connectivity index (χ1) is 17.2. The third-order valence-corrected chi connectivity index (χ3v) is 5.62. The topological polar surface area (TPSA) is 71.0 Å². The maximum atomic E-state index is 12.9. The summed E-state index contributed by atoms with van der Waals surface area (Å²) in [5.74, 6) is 0.356. The Balaban J connectivity index is 0.000000264. The Labute approximate surface area is 208 Å². The average molecular weight is 537 g/mol. The molecule has 2 unspecified atom stereocenters. The van der Waals surface area contributed by atoms with E-state index in [9.17, 15) is 40.4 Å². The summed E-state index contributed by atoms with van der Waals surface area (Å²) < 4.78 is 92.4. The van der Waals surface area contributed by atoms with Crippen LogP contribution in [-0.4, -0.2) is 44.8 Å². The summed E-state index contributed by atoms with van der Waals surface area (Å²) in [5, 5.41) is 4.88. The van der Waals surface area contributed by atoms with E-state index in [0.29, 0.717) is 37.8 Å². The van der Waals surface area contributed by atoms with Crippen LogP contribution < -0.4 is 5.32 Å². The van der Waals surface area contributed by atoms with Gasteiger partial charge in [-0.3, -0.25) is 0 Å². The van der Waals surface area contributed by atoms with Crippen molar-refractivity contribution in [2.24, 2.45) is 11.1 Å². The van der Waals surface area contributed by atoms with E-state index < -0.39 is 35.6 Å². The van der Waals surface area contributed by atoms with E-state index in [2.05, 4.69) is 10.5 Å². The number of alkyl halides is 6. The number of ether oxygens (including phenoxy) is 1. The van der Waals surface area contributed by atoms with Gasteiger partial charge < -0.3 is 15.0 Å². The monoisotopic (exact) mass is 537 g/mol. The van der Waals surface area contributed by atoms with Gasteiger partial charge in [-0.25, -0.2) is 9.18 Å². The van der Waals surface area contributed by atoms with E-state index in [4.69, 9.17) is 4.74 Å². The second-order valence-electron chi connectivity index (χ2n) is 8.52. The maximum Gasteiger partial charge on any atom is 0.416 e. The summed E-state index contributed by atoms with van der Waals surface area (Å²) in [7, 11) is 3.40. The van der Waals surface area contributed by atoms with Gasteiger partial charge in [-0.2, -0.15) is 31.2 Å². The number of nitroso groups, excluding NO2 is 1. The molecule has 2 atom stereocenters. The molecular weight excluding hydrogens is 511 g/mol. The lowest BCUT2D eigenvalue weighted by Gasteiger charge is -2.32. The Morgan fingerprint density at radius 3 is 2.08 bits per heavy atom. The number of halogens is 7. The van der Waals surface area contributed by atoms with Crippen molar-refractivity contribution in [2.75, 3.05) is 33.9 Å². The first-order valence-electron chi connectivity index (χ1n) is 11.1. The zero-order valence-electron chi connectivity index (χ0n) is 20.0. The highest BCUT2D eigenvalue weighted by Crippen LogP contribution is 2.36. The molecule has 6 nitrogen and oxygen atoms in total. The third-order valence-electron chi connectivity index (χ3n) is 5.62. The lowest BCUT2D eigenvalue weighted by Crippen LogP contribution is -2.40. The number of carbonyl (C=O) groups excluding carboxylic acids is 1. The number of amides is 2. The normalized spacial score (nSPS) is 17.9. The molecule has 0 aliphatic carbocycles. The molecule has 0 spiro atoms. The van der Waals surface area contributed by atoms with E-state index in [-0.39, 0.29) is 23.8 Å². The standard InChI is InChI=1S/C15H21FN2O2.C9H5F6NO/c1-17-15(19)18(2)8-11-7-13(10-20-9-11)12-3-5-14(16)6-4-12;10-8(11,12)6-1-5(4-16-17)2-7(3-6)9(13,14)15/h3-6,11,13H,7-10H2,1-2H3,(H,17,19);1-3H,4H2. The summed E-state index contributed by atoms with van der Waals surface area (Å²) in [6, 6.07) is 7.43. The number of nitrogens with zero attached hydrogens (tertiary/aromatic N) is 2. The van der Waals surface area contributed by atoms with Gasteiger partial charge in [0.05, 0.1) is 24.3 Å².